The number of rotatable bonds is 2. The number of hydrazone groups is 1. The number of carbonyl (C=O) groups excluding carboxylic acids is 2. The maximum absolute atomic E-state index is 11.4. The molecule has 82 valence electrons. The highest BCUT2D eigenvalue weighted by atomic mass is 16.6. The predicted molar refractivity (Wildman–Crippen MR) is 57.5 cm³/mol. The molecule has 1 aromatic carbocycles. The molecule has 0 amide bonds. The third-order valence-electron chi connectivity index (χ3n) is 2.13. The fourth-order valence-corrected chi connectivity index (χ4v) is 1.44. The Balaban J connectivity index is 2.49. The lowest BCUT2D eigenvalue weighted by Gasteiger charge is -2.03. The topological polar surface area (TPSA) is 59.0 Å². The Morgan fingerprint density at radius 1 is 1.25 bits per heavy atom. The number of esters is 2. The Bertz CT molecular complexity index is 492. The first-order valence-electron chi connectivity index (χ1n) is 4.70. The van der Waals surface area contributed by atoms with Crippen LogP contribution in [0.3, 0.4) is 0 Å². The third kappa shape index (κ3) is 1.67. The molecular formula is C11H10N2O3. The Kier molecular flexibility index (Phi) is 2.44. The Morgan fingerprint density at radius 3 is 2.69 bits per heavy atom. The molecule has 5 nitrogen and oxygen atoms in total. The van der Waals surface area contributed by atoms with Crippen molar-refractivity contribution in [3.63, 3.8) is 0 Å². The fraction of sp³-hybridized carbons (Fsp3) is 0.182. The van der Waals surface area contributed by atoms with Crippen LogP contribution in [0.4, 0.5) is 0 Å². The summed E-state index contributed by atoms with van der Waals surface area (Å²) in [6, 6.07) is 4.97. The van der Waals surface area contributed by atoms with Crippen molar-refractivity contribution in [2.45, 2.75) is 0 Å². The van der Waals surface area contributed by atoms with Gasteiger partial charge in [0, 0.05) is 19.7 Å². The van der Waals surface area contributed by atoms with E-state index >= 15 is 0 Å². The fourth-order valence-electron chi connectivity index (χ4n) is 1.44. The van der Waals surface area contributed by atoms with Gasteiger partial charge in [-0.2, -0.15) is 5.10 Å². The zero-order valence-electron chi connectivity index (χ0n) is 8.93. The van der Waals surface area contributed by atoms with Gasteiger partial charge in [0.05, 0.1) is 17.3 Å². The highest BCUT2D eigenvalue weighted by molar-refractivity contribution is 6.17. The monoisotopic (exact) mass is 218 g/mol. The standard InChI is InChI=1S/C11H10N2O3/c1-13(2)12-6-7-4-3-5-8-9(7)11(15)16-10(8)14/h3-6H,1-2H3/b12-6-. The highest BCUT2D eigenvalue weighted by Gasteiger charge is 2.31. The Morgan fingerprint density at radius 2 is 2.00 bits per heavy atom. The van der Waals surface area contributed by atoms with E-state index in [9.17, 15) is 9.59 Å². The van der Waals surface area contributed by atoms with Crippen LogP contribution in [0, 0.1) is 0 Å². The van der Waals surface area contributed by atoms with Crippen LogP contribution >= 0.6 is 0 Å². The average Bonchev–Trinajstić information content (AvgIpc) is 2.52. The summed E-state index contributed by atoms with van der Waals surface area (Å²) in [5.74, 6) is -1.21. The number of cyclic esters (lactones) is 2. The molecule has 0 aliphatic carbocycles. The molecule has 1 aliphatic heterocycles. The number of hydrogen-bond donors (Lipinski definition) is 0. The lowest BCUT2D eigenvalue weighted by molar-refractivity contribution is 0.0444. The summed E-state index contributed by atoms with van der Waals surface area (Å²) in [6.45, 7) is 0. The molecule has 0 fully saturated rings. The van der Waals surface area contributed by atoms with Gasteiger partial charge in [0.2, 0.25) is 0 Å². The van der Waals surface area contributed by atoms with E-state index in [-0.39, 0.29) is 5.56 Å². The lowest BCUT2D eigenvalue weighted by Crippen LogP contribution is -2.04. The van der Waals surface area contributed by atoms with E-state index in [0.717, 1.165) is 0 Å². The van der Waals surface area contributed by atoms with Crippen molar-refractivity contribution in [2.24, 2.45) is 5.10 Å². The second kappa shape index (κ2) is 3.77. The molecule has 0 unspecified atom stereocenters. The van der Waals surface area contributed by atoms with Crippen LogP contribution in [0.1, 0.15) is 26.3 Å². The molecule has 0 saturated carbocycles. The average molecular weight is 218 g/mol. The van der Waals surface area contributed by atoms with Gasteiger partial charge < -0.3 is 9.75 Å². The summed E-state index contributed by atoms with van der Waals surface area (Å²) in [5, 5.41) is 5.62. The molecule has 0 aromatic heterocycles. The molecule has 1 aromatic rings. The van der Waals surface area contributed by atoms with Gasteiger partial charge in [-0.15, -0.1) is 0 Å². The van der Waals surface area contributed by atoms with Crippen molar-refractivity contribution in [1.82, 2.24) is 5.01 Å². The highest BCUT2D eigenvalue weighted by Crippen LogP contribution is 2.22. The Labute approximate surface area is 92.3 Å². The first-order chi connectivity index (χ1) is 7.59. The second-order valence-electron chi connectivity index (χ2n) is 3.54. The Hall–Kier alpha value is -2.17. The van der Waals surface area contributed by atoms with Gasteiger partial charge in [0.15, 0.2) is 0 Å². The number of hydrogen-bond acceptors (Lipinski definition) is 5. The van der Waals surface area contributed by atoms with E-state index in [1.165, 1.54) is 6.21 Å². The summed E-state index contributed by atoms with van der Waals surface area (Å²) in [7, 11) is 3.53. The van der Waals surface area contributed by atoms with Crippen LogP contribution in [-0.4, -0.2) is 37.3 Å². The molecule has 0 bridgehead atoms. The largest absolute Gasteiger partial charge is 0.386 e. The molecule has 0 radical (unpaired) electrons. The van der Waals surface area contributed by atoms with Crippen LogP contribution in [0.2, 0.25) is 0 Å². The smallest absolute Gasteiger partial charge is 0.347 e. The molecule has 16 heavy (non-hydrogen) atoms. The first kappa shape index (κ1) is 10.4. The maximum Gasteiger partial charge on any atom is 0.347 e. The summed E-state index contributed by atoms with van der Waals surface area (Å²) in [4.78, 5) is 22.7. The van der Waals surface area contributed by atoms with Crippen molar-refractivity contribution in [3.8, 4) is 0 Å². The minimum atomic E-state index is -0.610. The van der Waals surface area contributed by atoms with Crippen molar-refractivity contribution < 1.29 is 14.3 Å². The number of ether oxygens (including phenoxy) is 1. The second-order valence-corrected chi connectivity index (χ2v) is 3.54. The van der Waals surface area contributed by atoms with Crippen molar-refractivity contribution in [2.75, 3.05) is 14.1 Å². The van der Waals surface area contributed by atoms with Crippen molar-refractivity contribution >= 4 is 18.2 Å². The predicted octanol–water partition coefficient (Wildman–Crippen LogP) is 0.893. The van der Waals surface area contributed by atoms with Gasteiger partial charge in [-0.3, -0.25) is 0 Å². The zero-order chi connectivity index (χ0) is 11.7. The van der Waals surface area contributed by atoms with Crippen LogP contribution in [0.5, 0.6) is 0 Å². The minimum Gasteiger partial charge on any atom is -0.386 e. The number of benzene rings is 1. The number of nitrogens with zero attached hydrogens (tertiary/aromatic N) is 2. The van der Waals surface area contributed by atoms with Crippen LogP contribution in [-0.2, 0) is 4.74 Å². The van der Waals surface area contributed by atoms with Crippen molar-refractivity contribution in [1.29, 1.82) is 0 Å². The van der Waals surface area contributed by atoms with Gasteiger partial charge in [-0.25, -0.2) is 9.59 Å². The summed E-state index contributed by atoms with van der Waals surface area (Å²) in [5.41, 5.74) is 1.17. The van der Waals surface area contributed by atoms with Gasteiger partial charge in [0.25, 0.3) is 0 Å². The van der Waals surface area contributed by atoms with Gasteiger partial charge >= 0.3 is 11.9 Å². The molecule has 0 saturated heterocycles. The molecule has 2 rings (SSSR count). The number of carbonyl (C=O) groups is 2. The van der Waals surface area contributed by atoms with E-state index in [0.29, 0.717) is 11.1 Å². The lowest BCUT2D eigenvalue weighted by atomic mass is 10.0. The molecule has 0 spiro atoms. The summed E-state index contributed by atoms with van der Waals surface area (Å²) >= 11 is 0. The minimum absolute atomic E-state index is 0.290. The van der Waals surface area contributed by atoms with E-state index in [4.69, 9.17) is 0 Å². The van der Waals surface area contributed by atoms with Crippen LogP contribution in [0.25, 0.3) is 0 Å². The number of fused-ring (bicyclic) bond motifs is 1. The van der Waals surface area contributed by atoms with E-state index in [1.807, 2.05) is 0 Å². The molecule has 1 heterocycles. The zero-order valence-corrected chi connectivity index (χ0v) is 8.93. The SMILES string of the molecule is CN(C)/N=C\c1cccc2c1C(=O)OC2=O. The van der Waals surface area contributed by atoms with Crippen LogP contribution in [0.15, 0.2) is 23.3 Å². The van der Waals surface area contributed by atoms with E-state index in [1.54, 1.807) is 37.3 Å². The first-order valence-corrected chi connectivity index (χ1v) is 4.70. The van der Waals surface area contributed by atoms with E-state index < -0.39 is 11.9 Å². The molecule has 5 heteroatoms. The summed E-state index contributed by atoms with van der Waals surface area (Å²) in [6.07, 6.45) is 1.53. The van der Waals surface area contributed by atoms with Gasteiger partial charge in [-0.1, -0.05) is 12.1 Å². The third-order valence-corrected chi connectivity index (χ3v) is 2.13. The molecule has 0 N–H and O–H groups in total. The summed E-state index contributed by atoms with van der Waals surface area (Å²) < 4.78 is 4.53. The van der Waals surface area contributed by atoms with Crippen molar-refractivity contribution in [3.05, 3.63) is 34.9 Å². The quantitative estimate of drug-likeness (QED) is 0.320. The maximum atomic E-state index is 11.4. The molecule has 0 atom stereocenters. The molecular weight excluding hydrogens is 208 g/mol. The van der Waals surface area contributed by atoms with E-state index in [2.05, 4.69) is 9.84 Å². The van der Waals surface area contributed by atoms with Crippen LogP contribution < -0.4 is 0 Å². The van der Waals surface area contributed by atoms with Gasteiger partial charge in [0.1, 0.15) is 0 Å². The normalized spacial score (nSPS) is 14.1. The van der Waals surface area contributed by atoms with Gasteiger partial charge in [-0.05, 0) is 6.07 Å². The molecule has 1 aliphatic rings.